The molecule has 0 aliphatic carbocycles. The molecule has 0 saturated heterocycles. The molecule has 0 saturated carbocycles. The fraction of sp³-hybridized carbons (Fsp3) is 0.273. The van der Waals surface area contributed by atoms with Gasteiger partial charge in [0, 0.05) is 18.2 Å². The molecular formula is C11H13NO2. The molecule has 1 N–H and O–H groups in total. The van der Waals surface area contributed by atoms with Crippen molar-refractivity contribution in [1.29, 1.82) is 0 Å². The molecule has 0 radical (unpaired) electrons. The van der Waals surface area contributed by atoms with Crippen LogP contribution in [0.5, 0.6) is 0 Å². The molecule has 0 aromatic heterocycles. The average molecular weight is 191 g/mol. The Balaban J connectivity index is 3.01. The fourth-order valence-electron chi connectivity index (χ4n) is 1.31. The van der Waals surface area contributed by atoms with Gasteiger partial charge in [0.25, 0.3) is 0 Å². The lowest BCUT2D eigenvalue weighted by Gasteiger charge is -2.05. The summed E-state index contributed by atoms with van der Waals surface area (Å²) >= 11 is 0. The number of hydrogen-bond donors (Lipinski definition) is 1. The number of aldehydes is 1. The molecular weight excluding hydrogens is 178 g/mol. The minimum Gasteiger partial charge on any atom is -0.326 e. The smallest absolute Gasteiger partial charge is 0.221 e. The summed E-state index contributed by atoms with van der Waals surface area (Å²) in [4.78, 5) is 21.5. The van der Waals surface area contributed by atoms with Crippen LogP contribution >= 0.6 is 0 Å². The van der Waals surface area contributed by atoms with Gasteiger partial charge < -0.3 is 5.32 Å². The van der Waals surface area contributed by atoms with Gasteiger partial charge in [0.2, 0.25) is 5.91 Å². The van der Waals surface area contributed by atoms with Crippen molar-refractivity contribution in [3.05, 3.63) is 29.3 Å². The molecule has 0 atom stereocenters. The lowest BCUT2D eigenvalue weighted by molar-refractivity contribution is -0.114. The van der Waals surface area contributed by atoms with Crippen LogP contribution in [0, 0.1) is 0 Å². The molecule has 0 spiro atoms. The minimum absolute atomic E-state index is 0.133. The number of aryl methyl sites for hydroxylation is 1. The van der Waals surface area contributed by atoms with Gasteiger partial charge in [-0.25, -0.2) is 0 Å². The van der Waals surface area contributed by atoms with Crippen molar-refractivity contribution in [2.45, 2.75) is 20.3 Å². The lowest BCUT2D eigenvalue weighted by atomic mass is 10.1. The van der Waals surface area contributed by atoms with E-state index in [1.54, 1.807) is 12.1 Å². The van der Waals surface area contributed by atoms with Crippen molar-refractivity contribution >= 4 is 17.9 Å². The summed E-state index contributed by atoms with van der Waals surface area (Å²) in [5.74, 6) is -0.133. The van der Waals surface area contributed by atoms with Crippen LogP contribution in [0.1, 0.15) is 29.8 Å². The molecule has 1 amide bonds. The molecule has 0 fully saturated rings. The van der Waals surface area contributed by atoms with Crippen LogP contribution in [0.4, 0.5) is 5.69 Å². The largest absolute Gasteiger partial charge is 0.326 e. The highest BCUT2D eigenvalue weighted by atomic mass is 16.1. The molecule has 74 valence electrons. The quantitative estimate of drug-likeness (QED) is 0.743. The Hall–Kier alpha value is -1.64. The highest BCUT2D eigenvalue weighted by Gasteiger charge is 2.02. The van der Waals surface area contributed by atoms with Crippen LogP contribution in [-0.2, 0) is 11.2 Å². The Morgan fingerprint density at radius 3 is 2.71 bits per heavy atom. The van der Waals surface area contributed by atoms with Crippen LogP contribution in [0.2, 0.25) is 0 Å². The summed E-state index contributed by atoms with van der Waals surface area (Å²) in [6, 6.07) is 5.34. The summed E-state index contributed by atoms with van der Waals surface area (Å²) < 4.78 is 0. The predicted molar refractivity (Wildman–Crippen MR) is 55.5 cm³/mol. The molecule has 1 rings (SSSR count). The summed E-state index contributed by atoms with van der Waals surface area (Å²) in [7, 11) is 0. The Morgan fingerprint density at radius 2 is 2.21 bits per heavy atom. The van der Waals surface area contributed by atoms with Crippen molar-refractivity contribution in [2.75, 3.05) is 5.32 Å². The van der Waals surface area contributed by atoms with Crippen molar-refractivity contribution in [3.8, 4) is 0 Å². The number of hydrogen-bond acceptors (Lipinski definition) is 2. The zero-order valence-corrected chi connectivity index (χ0v) is 8.33. The fourth-order valence-corrected chi connectivity index (χ4v) is 1.31. The van der Waals surface area contributed by atoms with Gasteiger partial charge >= 0.3 is 0 Å². The maximum absolute atomic E-state index is 10.8. The van der Waals surface area contributed by atoms with Gasteiger partial charge in [-0.3, -0.25) is 9.59 Å². The lowest BCUT2D eigenvalue weighted by Crippen LogP contribution is -2.06. The van der Waals surface area contributed by atoms with Crippen molar-refractivity contribution in [1.82, 2.24) is 0 Å². The third kappa shape index (κ3) is 2.42. The second kappa shape index (κ2) is 4.56. The SMILES string of the molecule is CCc1ccc(NC(C)=O)cc1C=O. The van der Waals surface area contributed by atoms with E-state index < -0.39 is 0 Å². The topological polar surface area (TPSA) is 46.2 Å². The summed E-state index contributed by atoms with van der Waals surface area (Å²) in [6.45, 7) is 3.43. The van der Waals surface area contributed by atoms with E-state index >= 15 is 0 Å². The van der Waals surface area contributed by atoms with Crippen molar-refractivity contribution in [3.63, 3.8) is 0 Å². The highest BCUT2D eigenvalue weighted by Crippen LogP contribution is 2.14. The van der Waals surface area contributed by atoms with E-state index in [-0.39, 0.29) is 5.91 Å². The van der Waals surface area contributed by atoms with Gasteiger partial charge in [0.05, 0.1) is 0 Å². The number of nitrogens with one attached hydrogen (secondary N) is 1. The summed E-state index contributed by atoms with van der Waals surface area (Å²) in [5, 5.41) is 2.63. The van der Waals surface area contributed by atoms with E-state index in [0.29, 0.717) is 11.3 Å². The highest BCUT2D eigenvalue weighted by molar-refractivity contribution is 5.90. The predicted octanol–water partition coefficient (Wildman–Crippen LogP) is 2.02. The van der Waals surface area contributed by atoms with Crippen LogP contribution in [0.3, 0.4) is 0 Å². The first-order valence-corrected chi connectivity index (χ1v) is 4.53. The van der Waals surface area contributed by atoms with Crippen molar-refractivity contribution < 1.29 is 9.59 Å². The Labute approximate surface area is 83.1 Å². The second-order valence-corrected chi connectivity index (χ2v) is 3.07. The number of rotatable bonds is 3. The van der Waals surface area contributed by atoms with E-state index in [1.807, 2.05) is 13.0 Å². The number of benzene rings is 1. The van der Waals surface area contributed by atoms with Crippen LogP contribution in [0.25, 0.3) is 0 Å². The average Bonchev–Trinajstić information content (AvgIpc) is 2.16. The van der Waals surface area contributed by atoms with Gasteiger partial charge in [0.15, 0.2) is 0 Å². The number of carbonyl (C=O) groups excluding carboxylic acids is 2. The van der Waals surface area contributed by atoms with E-state index in [9.17, 15) is 9.59 Å². The van der Waals surface area contributed by atoms with Gasteiger partial charge in [-0.05, 0) is 24.1 Å². The Kier molecular flexibility index (Phi) is 3.40. The van der Waals surface area contributed by atoms with E-state index in [2.05, 4.69) is 5.32 Å². The van der Waals surface area contributed by atoms with Gasteiger partial charge in [0.1, 0.15) is 6.29 Å². The van der Waals surface area contributed by atoms with E-state index in [4.69, 9.17) is 0 Å². The van der Waals surface area contributed by atoms with Crippen LogP contribution in [-0.4, -0.2) is 12.2 Å². The van der Waals surface area contributed by atoms with Crippen LogP contribution in [0.15, 0.2) is 18.2 Å². The monoisotopic (exact) mass is 191 g/mol. The van der Waals surface area contributed by atoms with Crippen molar-refractivity contribution in [2.24, 2.45) is 0 Å². The molecule has 14 heavy (non-hydrogen) atoms. The summed E-state index contributed by atoms with van der Waals surface area (Å²) in [6.07, 6.45) is 1.62. The standard InChI is InChI=1S/C11H13NO2/c1-3-9-4-5-11(12-8(2)14)6-10(9)7-13/h4-7H,3H2,1-2H3,(H,12,14). The number of amides is 1. The maximum atomic E-state index is 10.8. The first-order valence-electron chi connectivity index (χ1n) is 4.53. The molecule has 0 bridgehead atoms. The molecule has 1 aromatic carbocycles. The third-order valence-corrected chi connectivity index (χ3v) is 1.97. The zero-order chi connectivity index (χ0) is 10.6. The molecule has 3 nitrogen and oxygen atoms in total. The second-order valence-electron chi connectivity index (χ2n) is 3.07. The molecule has 1 aromatic rings. The Morgan fingerprint density at radius 1 is 1.50 bits per heavy atom. The number of carbonyl (C=O) groups is 2. The van der Waals surface area contributed by atoms with E-state index in [1.165, 1.54) is 6.92 Å². The zero-order valence-electron chi connectivity index (χ0n) is 8.33. The molecule has 3 heteroatoms. The molecule has 0 unspecified atom stereocenters. The number of anilines is 1. The van der Waals surface area contributed by atoms with Gasteiger partial charge in [-0.15, -0.1) is 0 Å². The molecule has 0 aliphatic heterocycles. The Bertz CT molecular complexity index is 358. The van der Waals surface area contributed by atoms with Gasteiger partial charge in [-0.2, -0.15) is 0 Å². The first kappa shape index (κ1) is 10.4. The van der Waals surface area contributed by atoms with Gasteiger partial charge in [-0.1, -0.05) is 13.0 Å². The molecule has 0 heterocycles. The summed E-state index contributed by atoms with van der Waals surface area (Å²) in [5.41, 5.74) is 2.30. The normalized spacial score (nSPS) is 9.57. The maximum Gasteiger partial charge on any atom is 0.221 e. The van der Waals surface area contributed by atoms with Crippen LogP contribution < -0.4 is 5.32 Å². The first-order chi connectivity index (χ1) is 6.67. The molecule has 0 aliphatic rings. The van der Waals surface area contributed by atoms with E-state index in [0.717, 1.165) is 18.3 Å². The third-order valence-electron chi connectivity index (χ3n) is 1.97. The minimum atomic E-state index is -0.133.